The second-order valence-electron chi connectivity index (χ2n) is 8.21. The molecular formula is C26H27N5O3. The minimum Gasteiger partial charge on any atom is -0.462 e. The lowest BCUT2D eigenvalue weighted by Gasteiger charge is -2.24. The highest BCUT2D eigenvalue weighted by molar-refractivity contribution is 6.00. The summed E-state index contributed by atoms with van der Waals surface area (Å²) in [6.45, 7) is 4.67. The first-order valence-corrected chi connectivity index (χ1v) is 11.6. The molecule has 1 fully saturated rings. The zero-order chi connectivity index (χ0) is 23.5. The molecule has 0 unspecified atom stereocenters. The van der Waals surface area contributed by atoms with E-state index in [1.165, 1.54) is 0 Å². The highest BCUT2D eigenvalue weighted by atomic mass is 16.5. The first kappa shape index (κ1) is 21.8. The molecule has 2 aromatic heterocycles. The van der Waals surface area contributed by atoms with Gasteiger partial charge in [0.15, 0.2) is 5.82 Å². The lowest BCUT2D eigenvalue weighted by atomic mass is 10.2. The van der Waals surface area contributed by atoms with Gasteiger partial charge in [0, 0.05) is 32.4 Å². The van der Waals surface area contributed by atoms with Crippen LogP contribution < -0.4 is 10.2 Å². The highest BCUT2D eigenvalue weighted by Crippen LogP contribution is 2.26. The minimum absolute atomic E-state index is 0.224. The van der Waals surface area contributed by atoms with Gasteiger partial charge in [0.25, 0.3) is 0 Å². The normalized spacial score (nSPS) is 14.3. The Balaban J connectivity index is 1.33. The van der Waals surface area contributed by atoms with E-state index in [2.05, 4.69) is 32.9 Å². The van der Waals surface area contributed by atoms with Gasteiger partial charge in [0.2, 0.25) is 0 Å². The molecule has 4 aromatic rings. The fraction of sp³-hybridized carbons (Fsp3) is 0.269. The van der Waals surface area contributed by atoms with Crippen molar-refractivity contribution in [1.29, 1.82) is 0 Å². The number of anilines is 2. The molecule has 0 spiro atoms. The highest BCUT2D eigenvalue weighted by Gasteiger charge is 2.23. The Kier molecular flexibility index (Phi) is 6.03. The zero-order valence-corrected chi connectivity index (χ0v) is 19.1. The third-order valence-electron chi connectivity index (χ3n) is 6.09. The average Bonchev–Trinajstić information content (AvgIpc) is 3.22. The van der Waals surface area contributed by atoms with Crippen LogP contribution >= 0.6 is 0 Å². The SMILES string of the molecule is CCOC(=O)c1ccccc1NC(=O)N1CCCN(c2nc3ccccc3n3cccc23)CC1. The second kappa shape index (κ2) is 9.43. The number of fused-ring (bicyclic) bond motifs is 3. The number of nitrogens with zero attached hydrogens (tertiary/aromatic N) is 4. The number of aromatic nitrogens is 2. The summed E-state index contributed by atoms with van der Waals surface area (Å²) in [7, 11) is 0. The van der Waals surface area contributed by atoms with Crippen LogP contribution in [-0.4, -0.2) is 59.1 Å². The van der Waals surface area contributed by atoms with Gasteiger partial charge >= 0.3 is 12.0 Å². The van der Waals surface area contributed by atoms with Crippen molar-refractivity contribution in [3.63, 3.8) is 0 Å². The molecule has 0 bridgehead atoms. The molecule has 0 atom stereocenters. The third-order valence-corrected chi connectivity index (χ3v) is 6.09. The van der Waals surface area contributed by atoms with Gasteiger partial charge in [0.1, 0.15) is 0 Å². The number of benzene rings is 2. The number of hydrogen-bond acceptors (Lipinski definition) is 5. The number of amides is 2. The number of carbonyl (C=O) groups excluding carboxylic acids is 2. The quantitative estimate of drug-likeness (QED) is 0.459. The fourth-order valence-corrected chi connectivity index (χ4v) is 4.45. The number of esters is 1. The van der Waals surface area contributed by atoms with Gasteiger partial charge in [0.05, 0.1) is 34.4 Å². The third kappa shape index (κ3) is 4.14. The lowest BCUT2D eigenvalue weighted by Crippen LogP contribution is -2.38. The molecule has 3 heterocycles. The summed E-state index contributed by atoms with van der Waals surface area (Å²) < 4.78 is 7.28. The monoisotopic (exact) mass is 457 g/mol. The van der Waals surface area contributed by atoms with Crippen molar-refractivity contribution >= 4 is 40.1 Å². The largest absolute Gasteiger partial charge is 0.462 e. The summed E-state index contributed by atoms with van der Waals surface area (Å²) in [6, 6.07) is 18.9. The number of para-hydroxylation sites is 3. The Morgan fingerprint density at radius 3 is 2.62 bits per heavy atom. The van der Waals surface area contributed by atoms with E-state index in [9.17, 15) is 9.59 Å². The van der Waals surface area contributed by atoms with Crippen LogP contribution in [0, 0.1) is 0 Å². The number of ether oxygens (including phenoxy) is 1. The van der Waals surface area contributed by atoms with Crippen LogP contribution in [0.5, 0.6) is 0 Å². The van der Waals surface area contributed by atoms with Crippen LogP contribution in [-0.2, 0) is 4.74 Å². The first-order chi connectivity index (χ1) is 16.7. The van der Waals surface area contributed by atoms with Gasteiger partial charge in [-0.15, -0.1) is 0 Å². The van der Waals surface area contributed by atoms with E-state index in [0.717, 1.165) is 35.3 Å². The van der Waals surface area contributed by atoms with Crippen LogP contribution in [0.4, 0.5) is 16.3 Å². The molecule has 0 aliphatic carbocycles. The maximum Gasteiger partial charge on any atom is 0.340 e. The number of hydrogen-bond donors (Lipinski definition) is 1. The molecule has 5 rings (SSSR count). The Hall–Kier alpha value is -4.07. The van der Waals surface area contributed by atoms with Crippen LogP contribution in [0.3, 0.4) is 0 Å². The Morgan fingerprint density at radius 2 is 1.74 bits per heavy atom. The van der Waals surface area contributed by atoms with E-state index in [-0.39, 0.29) is 12.6 Å². The molecular weight excluding hydrogens is 430 g/mol. The topological polar surface area (TPSA) is 79.2 Å². The van der Waals surface area contributed by atoms with Crippen molar-refractivity contribution in [2.45, 2.75) is 13.3 Å². The van der Waals surface area contributed by atoms with Crippen LogP contribution in [0.1, 0.15) is 23.7 Å². The van der Waals surface area contributed by atoms with Crippen molar-refractivity contribution in [3.8, 4) is 0 Å². The average molecular weight is 458 g/mol. The van der Waals surface area contributed by atoms with Crippen molar-refractivity contribution < 1.29 is 14.3 Å². The Morgan fingerprint density at radius 1 is 0.941 bits per heavy atom. The molecule has 8 nitrogen and oxygen atoms in total. The molecule has 174 valence electrons. The van der Waals surface area contributed by atoms with Crippen molar-refractivity contribution in [1.82, 2.24) is 14.3 Å². The first-order valence-electron chi connectivity index (χ1n) is 11.6. The molecule has 2 aromatic carbocycles. The van der Waals surface area contributed by atoms with Crippen molar-refractivity contribution in [2.75, 3.05) is 43.0 Å². The summed E-state index contributed by atoms with van der Waals surface area (Å²) in [6.07, 6.45) is 2.87. The lowest BCUT2D eigenvalue weighted by molar-refractivity contribution is 0.0527. The van der Waals surface area contributed by atoms with Crippen molar-refractivity contribution in [3.05, 3.63) is 72.4 Å². The van der Waals surface area contributed by atoms with Crippen LogP contribution in [0.2, 0.25) is 0 Å². The molecule has 1 saturated heterocycles. The standard InChI is InChI=1S/C26H27N5O3/c1-2-34-25(32)19-9-3-4-10-20(19)28-26(33)30-15-8-14-29(17-18-30)24-23-13-7-16-31(23)22-12-6-5-11-21(22)27-24/h3-7,9-13,16H,2,8,14-15,17-18H2,1H3,(H,28,33). The molecule has 0 saturated carbocycles. The van der Waals surface area contributed by atoms with E-state index >= 15 is 0 Å². The molecule has 34 heavy (non-hydrogen) atoms. The van der Waals surface area contributed by atoms with Gasteiger partial charge in [-0.1, -0.05) is 24.3 Å². The number of carbonyl (C=O) groups is 2. The maximum absolute atomic E-state index is 13.1. The van der Waals surface area contributed by atoms with Gasteiger partial charge in [-0.25, -0.2) is 14.6 Å². The molecule has 2 amide bonds. The second-order valence-corrected chi connectivity index (χ2v) is 8.21. The summed E-state index contributed by atoms with van der Waals surface area (Å²) in [4.78, 5) is 34.3. The molecule has 0 radical (unpaired) electrons. The fourth-order valence-electron chi connectivity index (χ4n) is 4.45. The molecule has 1 aliphatic heterocycles. The number of nitrogens with one attached hydrogen (secondary N) is 1. The molecule has 1 aliphatic rings. The minimum atomic E-state index is -0.445. The van der Waals surface area contributed by atoms with Crippen molar-refractivity contribution in [2.24, 2.45) is 0 Å². The summed E-state index contributed by atoms with van der Waals surface area (Å²) >= 11 is 0. The van der Waals surface area contributed by atoms with Gasteiger partial charge < -0.3 is 24.3 Å². The summed E-state index contributed by atoms with van der Waals surface area (Å²) in [5.74, 6) is 0.484. The maximum atomic E-state index is 13.1. The number of rotatable bonds is 4. The Labute approximate surface area is 197 Å². The van der Waals surface area contributed by atoms with E-state index in [4.69, 9.17) is 9.72 Å². The van der Waals surface area contributed by atoms with E-state index < -0.39 is 5.97 Å². The predicted octanol–water partition coefficient (Wildman–Crippen LogP) is 4.41. The molecule has 8 heteroatoms. The van der Waals surface area contributed by atoms with Crippen LogP contribution in [0.25, 0.3) is 16.6 Å². The summed E-state index contributed by atoms with van der Waals surface area (Å²) in [5.41, 5.74) is 3.88. The van der Waals surface area contributed by atoms with E-state index in [1.807, 2.05) is 24.3 Å². The zero-order valence-electron chi connectivity index (χ0n) is 19.1. The smallest absolute Gasteiger partial charge is 0.340 e. The van der Waals surface area contributed by atoms with E-state index in [0.29, 0.717) is 30.9 Å². The van der Waals surface area contributed by atoms with Gasteiger partial charge in [-0.3, -0.25) is 0 Å². The Bertz CT molecular complexity index is 1350. The van der Waals surface area contributed by atoms with Gasteiger partial charge in [-0.2, -0.15) is 0 Å². The van der Waals surface area contributed by atoms with E-state index in [1.54, 1.807) is 36.1 Å². The predicted molar refractivity (Wildman–Crippen MR) is 133 cm³/mol. The van der Waals surface area contributed by atoms with Crippen LogP contribution in [0.15, 0.2) is 66.9 Å². The summed E-state index contributed by atoms with van der Waals surface area (Å²) in [5, 5.41) is 2.90. The number of urea groups is 1. The molecule has 1 N–H and O–H groups in total. The van der Waals surface area contributed by atoms with Gasteiger partial charge in [-0.05, 0) is 49.7 Å².